The molecule has 0 bridgehead atoms. The van der Waals surface area contributed by atoms with E-state index < -0.39 is 0 Å². The molecule has 2 atom stereocenters. The smallest absolute Gasteiger partial charge is 0.000824 e. The summed E-state index contributed by atoms with van der Waals surface area (Å²) in [4.78, 5) is 0. The van der Waals surface area contributed by atoms with Gasteiger partial charge in [-0.15, -0.1) is 0 Å². The molecule has 1 heterocycles. The van der Waals surface area contributed by atoms with E-state index >= 15 is 0 Å². The summed E-state index contributed by atoms with van der Waals surface area (Å²) in [6.45, 7) is 5.42. The minimum absolute atomic E-state index is 0.730. The van der Waals surface area contributed by atoms with Crippen molar-refractivity contribution in [1.29, 1.82) is 0 Å². The van der Waals surface area contributed by atoms with Gasteiger partial charge in [0.2, 0.25) is 0 Å². The second-order valence-corrected chi connectivity index (χ2v) is 3.10. The maximum atomic E-state index is 5.53. The van der Waals surface area contributed by atoms with E-state index in [4.69, 9.17) is 5.73 Å². The third-order valence-electron chi connectivity index (χ3n) is 1.99. The van der Waals surface area contributed by atoms with Crippen LogP contribution in [0, 0.1) is 11.8 Å². The highest BCUT2D eigenvalue weighted by Crippen LogP contribution is 2.13. The molecule has 1 rings (SSSR count). The Morgan fingerprint density at radius 3 is 2.78 bits per heavy atom. The van der Waals surface area contributed by atoms with Gasteiger partial charge in [-0.1, -0.05) is 6.92 Å². The topological polar surface area (TPSA) is 38.0 Å². The SMILES string of the molecule is CC1CNCC(CN)C1. The van der Waals surface area contributed by atoms with Gasteiger partial charge in [0.1, 0.15) is 0 Å². The summed E-state index contributed by atoms with van der Waals surface area (Å²) in [7, 11) is 0. The van der Waals surface area contributed by atoms with Crippen LogP contribution < -0.4 is 11.1 Å². The zero-order valence-corrected chi connectivity index (χ0v) is 6.06. The molecule has 0 aromatic carbocycles. The van der Waals surface area contributed by atoms with Crippen LogP contribution in [0.2, 0.25) is 0 Å². The number of hydrogen-bond donors (Lipinski definition) is 2. The first-order valence-electron chi connectivity index (χ1n) is 3.73. The number of nitrogens with one attached hydrogen (secondary N) is 1. The van der Waals surface area contributed by atoms with E-state index in [0.717, 1.165) is 24.9 Å². The van der Waals surface area contributed by atoms with Gasteiger partial charge in [-0.2, -0.15) is 0 Å². The van der Waals surface area contributed by atoms with E-state index in [1.807, 2.05) is 0 Å². The average Bonchev–Trinajstić information content (AvgIpc) is 1.88. The fourth-order valence-corrected chi connectivity index (χ4v) is 1.45. The first-order valence-corrected chi connectivity index (χ1v) is 3.73. The molecule has 0 aromatic heterocycles. The molecule has 0 saturated carbocycles. The summed E-state index contributed by atoms with van der Waals surface area (Å²) in [6, 6.07) is 0. The van der Waals surface area contributed by atoms with Crippen LogP contribution in [-0.4, -0.2) is 19.6 Å². The van der Waals surface area contributed by atoms with E-state index in [2.05, 4.69) is 12.2 Å². The van der Waals surface area contributed by atoms with E-state index in [-0.39, 0.29) is 0 Å². The normalized spacial score (nSPS) is 36.7. The molecule has 0 aliphatic carbocycles. The second kappa shape index (κ2) is 3.18. The monoisotopic (exact) mass is 128 g/mol. The first-order chi connectivity index (χ1) is 4.33. The molecule has 0 spiro atoms. The first kappa shape index (κ1) is 7.03. The van der Waals surface area contributed by atoms with Gasteiger partial charge >= 0.3 is 0 Å². The fourth-order valence-electron chi connectivity index (χ4n) is 1.45. The Balaban J connectivity index is 2.23. The van der Waals surface area contributed by atoms with Gasteiger partial charge in [0.25, 0.3) is 0 Å². The van der Waals surface area contributed by atoms with Gasteiger partial charge in [0, 0.05) is 0 Å². The van der Waals surface area contributed by atoms with Gasteiger partial charge in [-0.3, -0.25) is 0 Å². The van der Waals surface area contributed by atoms with Crippen molar-refractivity contribution in [2.45, 2.75) is 13.3 Å². The Labute approximate surface area is 56.8 Å². The highest BCUT2D eigenvalue weighted by molar-refractivity contribution is 4.73. The third-order valence-corrected chi connectivity index (χ3v) is 1.99. The van der Waals surface area contributed by atoms with Gasteiger partial charge in [-0.05, 0) is 37.9 Å². The highest BCUT2D eigenvalue weighted by atomic mass is 14.9. The molecule has 1 aliphatic heterocycles. The number of piperidine rings is 1. The van der Waals surface area contributed by atoms with Gasteiger partial charge in [0.15, 0.2) is 0 Å². The van der Waals surface area contributed by atoms with Crippen LogP contribution in [0.25, 0.3) is 0 Å². The summed E-state index contributed by atoms with van der Waals surface area (Å²) in [6.07, 6.45) is 1.31. The molecule has 54 valence electrons. The van der Waals surface area contributed by atoms with E-state index in [1.54, 1.807) is 0 Å². The lowest BCUT2D eigenvalue weighted by Gasteiger charge is -2.26. The highest BCUT2D eigenvalue weighted by Gasteiger charge is 2.15. The van der Waals surface area contributed by atoms with Crippen molar-refractivity contribution in [1.82, 2.24) is 5.32 Å². The van der Waals surface area contributed by atoms with E-state index in [9.17, 15) is 0 Å². The molecular formula is C7H16N2. The minimum atomic E-state index is 0.730. The van der Waals surface area contributed by atoms with Crippen molar-refractivity contribution in [2.24, 2.45) is 17.6 Å². The number of rotatable bonds is 1. The second-order valence-electron chi connectivity index (χ2n) is 3.10. The van der Waals surface area contributed by atoms with E-state index in [1.165, 1.54) is 13.0 Å². The molecule has 2 nitrogen and oxygen atoms in total. The lowest BCUT2D eigenvalue weighted by atomic mass is 9.92. The molecule has 9 heavy (non-hydrogen) atoms. The zero-order valence-electron chi connectivity index (χ0n) is 6.06. The Morgan fingerprint density at radius 1 is 1.56 bits per heavy atom. The van der Waals surface area contributed by atoms with Crippen molar-refractivity contribution in [2.75, 3.05) is 19.6 Å². The molecule has 0 radical (unpaired) electrons. The summed E-state index contributed by atoms with van der Waals surface area (Å²) in [5.74, 6) is 1.56. The predicted molar refractivity (Wildman–Crippen MR) is 39.2 cm³/mol. The zero-order chi connectivity index (χ0) is 6.69. The van der Waals surface area contributed by atoms with Crippen molar-refractivity contribution in [3.8, 4) is 0 Å². The van der Waals surface area contributed by atoms with Crippen LogP contribution in [0.4, 0.5) is 0 Å². The quantitative estimate of drug-likeness (QED) is 0.529. The summed E-state index contributed by atoms with van der Waals surface area (Å²) in [5, 5.41) is 3.36. The summed E-state index contributed by atoms with van der Waals surface area (Å²) >= 11 is 0. The largest absolute Gasteiger partial charge is 0.330 e. The van der Waals surface area contributed by atoms with Crippen molar-refractivity contribution in [3.05, 3.63) is 0 Å². The lowest BCUT2D eigenvalue weighted by molar-refractivity contribution is 0.308. The van der Waals surface area contributed by atoms with Crippen molar-refractivity contribution >= 4 is 0 Å². The van der Waals surface area contributed by atoms with Crippen molar-refractivity contribution < 1.29 is 0 Å². The number of nitrogens with two attached hydrogens (primary N) is 1. The fraction of sp³-hybridized carbons (Fsp3) is 1.00. The van der Waals surface area contributed by atoms with Crippen LogP contribution in [0.5, 0.6) is 0 Å². The molecule has 2 unspecified atom stereocenters. The Morgan fingerprint density at radius 2 is 2.33 bits per heavy atom. The van der Waals surface area contributed by atoms with Gasteiger partial charge < -0.3 is 11.1 Å². The summed E-state index contributed by atoms with van der Waals surface area (Å²) in [5.41, 5.74) is 5.53. The molecule has 1 aliphatic rings. The molecule has 0 aromatic rings. The van der Waals surface area contributed by atoms with E-state index in [0.29, 0.717) is 0 Å². The Bertz CT molecular complexity index is 83.0. The molecule has 1 saturated heterocycles. The van der Waals surface area contributed by atoms with Gasteiger partial charge in [-0.25, -0.2) is 0 Å². The molecule has 2 heteroatoms. The Hall–Kier alpha value is -0.0800. The molecule has 3 N–H and O–H groups in total. The third kappa shape index (κ3) is 1.95. The summed E-state index contributed by atoms with van der Waals surface area (Å²) < 4.78 is 0. The molecule has 0 amide bonds. The number of hydrogen-bond acceptors (Lipinski definition) is 2. The molecular weight excluding hydrogens is 112 g/mol. The van der Waals surface area contributed by atoms with Crippen LogP contribution in [0.15, 0.2) is 0 Å². The van der Waals surface area contributed by atoms with Crippen LogP contribution in [0.3, 0.4) is 0 Å². The lowest BCUT2D eigenvalue weighted by Crippen LogP contribution is -2.38. The van der Waals surface area contributed by atoms with Crippen LogP contribution in [-0.2, 0) is 0 Å². The maximum absolute atomic E-state index is 5.53. The standard InChI is InChI=1S/C7H16N2/c1-6-2-7(3-8)5-9-4-6/h6-7,9H,2-5,8H2,1H3. The predicted octanol–water partition coefficient (Wildman–Crippen LogP) is 0.191. The van der Waals surface area contributed by atoms with Crippen LogP contribution in [0.1, 0.15) is 13.3 Å². The average molecular weight is 128 g/mol. The van der Waals surface area contributed by atoms with Crippen LogP contribution >= 0.6 is 0 Å². The molecule has 1 fully saturated rings. The van der Waals surface area contributed by atoms with Crippen molar-refractivity contribution in [3.63, 3.8) is 0 Å². The minimum Gasteiger partial charge on any atom is -0.330 e. The van der Waals surface area contributed by atoms with Gasteiger partial charge in [0.05, 0.1) is 0 Å². The Kier molecular flexibility index (Phi) is 2.49. The maximum Gasteiger partial charge on any atom is -0.000824 e.